The number of alkyl halides is 2. The first-order valence-corrected chi connectivity index (χ1v) is 4.44. The summed E-state index contributed by atoms with van der Waals surface area (Å²) in [6.45, 7) is -3.05. The molecule has 0 aromatic heterocycles. The average Bonchev–Trinajstić information content (AvgIpc) is 2.14. The second-order valence-corrected chi connectivity index (χ2v) is 3.28. The van der Waals surface area contributed by atoms with Gasteiger partial charge in [-0.15, -0.1) is 0 Å². The van der Waals surface area contributed by atoms with E-state index in [1.807, 2.05) is 0 Å². The highest BCUT2D eigenvalue weighted by Crippen LogP contribution is 2.26. The largest absolute Gasteiger partial charge is 0.479 e. The van der Waals surface area contributed by atoms with Gasteiger partial charge in [0.2, 0.25) is 0 Å². The SMILES string of the molecule is O=C(O)C(O)c1cc(Cl)cc(OC(F)F)c1. The van der Waals surface area contributed by atoms with Crippen LogP contribution < -0.4 is 4.74 Å². The number of aliphatic hydroxyl groups excluding tert-OH is 1. The van der Waals surface area contributed by atoms with E-state index in [0.717, 1.165) is 18.2 Å². The first kappa shape index (κ1) is 12.7. The van der Waals surface area contributed by atoms with Crippen LogP contribution in [0.15, 0.2) is 18.2 Å². The third kappa shape index (κ3) is 3.32. The summed E-state index contributed by atoms with van der Waals surface area (Å²) in [5, 5.41) is 17.7. The Balaban J connectivity index is 3.02. The van der Waals surface area contributed by atoms with Crippen molar-refractivity contribution < 1.29 is 28.5 Å². The number of hydrogen-bond acceptors (Lipinski definition) is 3. The van der Waals surface area contributed by atoms with Crippen molar-refractivity contribution in [1.82, 2.24) is 0 Å². The molecule has 1 aromatic carbocycles. The standard InChI is InChI=1S/C9H7ClF2O4/c10-5-1-4(7(13)8(14)15)2-6(3-5)16-9(11)12/h1-3,7,9,13H,(H,14,15). The summed E-state index contributed by atoms with van der Waals surface area (Å²) in [7, 11) is 0. The molecule has 0 aliphatic carbocycles. The van der Waals surface area contributed by atoms with Crippen molar-refractivity contribution in [1.29, 1.82) is 0 Å². The van der Waals surface area contributed by atoms with E-state index < -0.39 is 18.7 Å². The van der Waals surface area contributed by atoms with Crippen LogP contribution in [-0.4, -0.2) is 22.8 Å². The molecule has 0 aliphatic rings. The summed E-state index contributed by atoms with van der Waals surface area (Å²) in [5.74, 6) is -1.82. The van der Waals surface area contributed by atoms with Crippen LogP contribution in [-0.2, 0) is 4.79 Å². The Morgan fingerprint density at radius 3 is 2.50 bits per heavy atom. The zero-order valence-electron chi connectivity index (χ0n) is 7.73. The van der Waals surface area contributed by atoms with E-state index in [2.05, 4.69) is 4.74 Å². The molecule has 0 spiro atoms. The normalized spacial score (nSPS) is 12.6. The van der Waals surface area contributed by atoms with E-state index >= 15 is 0 Å². The van der Waals surface area contributed by atoms with Gasteiger partial charge in [-0.3, -0.25) is 0 Å². The van der Waals surface area contributed by atoms with Gasteiger partial charge in [0, 0.05) is 5.02 Å². The maximum atomic E-state index is 11.9. The first-order valence-electron chi connectivity index (χ1n) is 4.06. The van der Waals surface area contributed by atoms with Crippen LogP contribution >= 0.6 is 11.6 Å². The summed E-state index contributed by atoms with van der Waals surface area (Å²) >= 11 is 5.55. The number of ether oxygens (including phenoxy) is 1. The number of halogens is 3. The van der Waals surface area contributed by atoms with Gasteiger partial charge in [0.15, 0.2) is 6.10 Å². The molecule has 1 aromatic rings. The van der Waals surface area contributed by atoms with Crippen molar-refractivity contribution in [3.8, 4) is 5.75 Å². The Labute approximate surface area is 94.0 Å². The highest BCUT2D eigenvalue weighted by molar-refractivity contribution is 6.30. The third-order valence-electron chi connectivity index (χ3n) is 1.67. The van der Waals surface area contributed by atoms with E-state index in [9.17, 15) is 18.7 Å². The zero-order chi connectivity index (χ0) is 12.3. The van der Waals surface area contributed by atoms with Crippen molar-refractivity contribution in [2.24, 2.45) is 0 Å². The van der Waals surface area contributed by atoms with Crippen molar-refractivity contribution in [2.75, 3.05) is 0 Å². The lowest BCUT2D eigenvalue weighted by atomic mass is 10.1. The number of benzene rings is 1. The van der Waals surface area contributed by atoms with Gasteiger partial charge >= 0.3 is 12.6 Å². The maximum absolute atomic E-state index is 11.9. The highest BCUT2D eigenvalue weighted by Gasteiger charge is 2.18. The monoisotopic (exact) mass is 252 g/mol. The molecule has 0 amide bonds. The number of carboxylic acids is 1. The van der Waals surface area contributed by atoms with Crippen LogP contribution in [0.3, 0.4) is 0 Å². The van der Waals surface area contributed by atoms with Crippen LogP contribution in [0.2, 0.25) is 5.02 Å². The first-order chi connectivity index (χ1) is 7.40. The molecule has 88 valence electrons. The third-order valence-corrected chi connectivity index (χ3v) is 1.89. The maximum Gasteiger partial charge on any atom is 0.387 e. The molecule has 7 heteroatoms. The molecule has 0 saturated heterocycles. The summed E-state index contributed by atoms with van der Waals surface area (Å²) < 4.78 is 27.8. The lowest BCUT2D eigenvalue weighted by molar-refractivity contribution is -0.146. The smallest absolute Gasteiger partial charge is 0.387 e. The molecule has 0 bridgehead atoms. The number of aliphatic carboxylic acids is 1. The van der Waals surface area contributed by atoms with Crippen LogP contribution in [0.1, 0.15) is 11.7 Å². The average molecular weight is 253 g/mol. The quantitative estimate of drug-likeness (QED) is 0.861. The fourth-order valence-corrected chi connectivity index (χ4v) is 1.29. The number of carbonyl (C=O) groups is 1. The van der Waals surface area contributed by atoms with Crippen molar-refractivity contribution in [3.05, 3.63) is 28.8 Å². The Kier molecular flexibility index (Phi) is 4.03. The molecule has 0 aliphatic heterocycles. The molecule has 2 N–H and O–H groups in total. The van der Waals surface area contributed by atoms with Crippen molar-refractivity contribution in [2.45, 2.75) is 12.7 Å². The van der Waals surface area contributed by atoms with E-state index in [1.54, 1.807) is 0 Å². The molecule has 0 radical (unpaired) electrons. The molecular weight excluding hydrogens is 246 g/mol. The second kappa shape index (κ2) is 5.09. The van der Waals surface area contributed by atoms with Crippen molar-refractivity contribution >= 4 is 17.6 Å². The summed E-state index contributed by atoms with van der Waals surface area (Å²) in [6, 6.07) is 3.22. The fraction of sp³-hybridized carbons (Fsp3) is 0.222. The molecule has 16 heavy (non-hydrogen) atoms. The topological polar surface area (TPSA) is 66.8 Å². The summed E-state index contributed by atoms with van der Waals surface area (Å²) in [6.07, 6.45) is -1.83. The number of rotatable bonds is 4. The van der Waals surface area contributed by atoms with Gasteiger partial charge in [-0.2, -0.15) is 8.78 Å². The minimum atomic E-state index is -3.05. The van der Waals surface area contributed by atoms with Gasteiger partial charge in [0.05, 0.1) is 0 Å². The minimum absolute atomic E-state index is 0.00606. The van der Waals surface area contributed by atoms with Crippen molar-refractivity contribution in [3.63, 3.8) is 0 Å². The molecule has 1 rings (SSSR count). The molecule has 1 atom stereocenters. The second-order valence-electron chi connectivity index (χ2n) is 2.84. The Morgan fingerprint density at radius 1 is 1.38 bits per heavy atom. The van der Waals surface area contributed by atoms with Gasteiger partial charge in [-0.05, 0) is 23.8 Å². The van der Waals surface area contributed by atoms with E-state index in [1.165, 1.54) is 0 Å². The highest BCUT2D eigenvalue weighted by atomic mass is 35.5. The van der Waals surface area contributed by atoms with Gasteiger partial charge in [0.1, 0.15) is 5.75 Å². The lowest BCUT2D eigenvalue weighted by Crippen LogP contribution is -2.11. The molecular formula is C9H7ClF2O4. The van der Waals surface area contributed by atoms with Crippen LogP contribution in [0.5, 0.6) is 5.75 Å². The Bertz CT molecular complexity index is 397. The van der Waals surface area contributed by atoms with E-state index in [4.69, 9.17) is 16.7 Å². The summed E-state index contributed by atoms with van der Waals surface area (Å²) in [5.41, 5.74) is -0.129. The van der Waals surface area contributed by atoms with E-state index in [-0.39, 0.29) is 16.3 Å². The van der Waals surface area contributed by atoms with Gasteiger partial charge < -0.3 is 14.9 Å². The predicted octanol–water partition coefficient (Wildman–Crippen LogP) is 2.06. The number of hydrogen-bond donors (Lipinski definition) is 2. The number of aliphatic hydroxyl groups is 1. The number of carboxylic acid groups (broad SMARTS) is 1. The lowest BCUT2D eigenvalue weighted by Gasteiger charge is -2.10. The fourth-order valence-electron chi connectivity index (χ4n) is 1.06. The molecule has 1 unspecified atom stereocenters. The molecule has 0 fully saturated rings. The van der Waals surface area contributed by atoms with Crippen LogP contribution in [0, 0.1) is 0 Å². The summed E-state index contributed by atoms with van der Waals surface area (Å²) in [4.78, 5) is 10.5. The minimum Gasteiger partial charge on any atom is -0.479 e. The van der Waals surface area contributed by atoms with Gasteiger partial charge in [0.25, 0.3) is 0 Å². The zero-order valence-corrected chi connectivity index (χ0v) is 8.49. The Hall–Kier alpha value is -1.40. The van der Waals surface area contributed by atoms with E-state index in [0.29, 0.717) is 0 Å². The molecule has 4 nitrogen and oxygen atoms in total. The molecule has 0 heterocycles. The predicted molar refractivity (Wildman–Crippen MR) is 50.7 cm³/mol. The Morgan fingerprint density at radius 2 is 2.00 bits per heavy atom. The van der Waals surface area contributed by atoms with Crippen LogP contribution in [0.4, 0.5) is 8.78 Å². The van der Waals surface area contributed by atoms with Gasteiger partial charge in [-0.1, -0.05) is 11.6 Å². The van der Waals surface area contributed by atoms with Crippen LogP contribution in [0.25, 0.3) is 0 Å². The molecule has 0 saturated carbocycles. The van der Waals surface area contributed by atoms with Gasteiger partial charge in [-0.25, -0.2) is 4.79 Å².